The molecule has 0 aromatic heterocycles. The Hall–Kier alpha value is -0.860. The van der Waals surface area contributed by atoms with E-state index in [-0.39, 0.29) is 0 Å². The van der Waals surface area contributed by atoms with Crippen molar-refractivity contribution < 1.29 is 0 Å². The zero-order chi connectivity index (χ0) is 7.97. The molecule has 2 nitrogen and oxygen atoms in total. The fourth-order valence-electron chi connectivity index (χ4n) is 1.58. The van der Waals surface area contributed by atoms with E-state index < -0.39 is 0 Å². The second-order valence-corrected chi connectivity index (χ2v) is 3.59. The van der Waals surface area contributed by atoms with E-state index in [0.717, 1.165) is 13.1 Å². The minimum absolute atomic E-state index is 0.642. The summed E-state index contributed by atoms with van der Waals surface area (Å²) >= 11 is 0. The largest absolute Gasteiger partial charge is 0.307 e. The van der Waals surface area contributed by atoms with Crippen molar-refractivity contribution in [2.45, 2.75) is 12.1 Å². The van der Waals surface area contributed by atoms with Crippen molar-refractivity contribution in [1.29, 1.82) is 0 Å². The molecule has 62 valence electrons. The third kappa shape index (κ3) is 1.13. The van der Waals surface area contributed by atoms with Crippen molar-refractivity contribution in [2.75, 3.05) is 13.1 Å². The summed E-state index contributed by atoms with van der Waals surface area (Å²) in [5, 5.41) is 6.63. The van der Waals surface area contributed by atoms with Crippen LogP contribution in [0, 0.1) is 0 Å². The lowest BCUT2D eigenvalue weighted by atomic mass is 10.1. The molecule has 0 bridgehead atoms. The average molecular weight is 160 g/mol. The van der Waals surface area contributed by atoms with Gasteiger partial charge in [-0.15, -0.1) is 0 Å². The molecule has 2 heteroatoms. The zero-order valence-electron chi connectivity index (χ0n) is 6.88. The average Bonchev–Trinajstić information content (AvgIpc) is 2.98. The van der Waals surface area contributed by atoms with Gasteiger partial charge in [0.1, 0.15) is 0 Å². The predicted octanol–water partition coefficient (Wildman–Crippen LogP) is 0.975. The zero-order valence-corrected chi connectivity index (χ0v) is 6.88. The molecule has 0 aliphatic carbocycles. The van der Waals surface area contributed by atoms with Gasteiger partial charge in [-0.3, -0.25) is 0 Å². The smallest absolute Gasteiger partial charge is 0.0447 e. The van der Waals surface area contributed by atoms with Crippen molar-refractivity contribution >= 4 is 0 Å². The van der Waals surface area contributed by atoms with Crippen molar-refractivity contribution in [3.63, 3.8) is 0 Å². The standard InChI is InChI=1S/C10H12N2/c1-2-7(9-5-11-9)4-8(3-1)10-6-12-10/h1-4,9-12H,5-6H2. The Morgan fingerprint density at radius 3 is 1.92 bits per heavy atom. The van der Waals surface area contributed by atoms with Gasteiger partial charge in [-0.1, -0.05) is 24.3 Å². The van der Waals surface area contributed by atoms with Gasteiger partial charge in [0.2, 0.25) is 0 Å². The van der Waals surface area contributed by atoms with Gasteiger partial charge >= 0.3 is 0 Å². The molecule has 2 fully saturated rings. The van der Waals surface area contributed by atoms with Crippen LogP contribution in [0.5, 0.6) is 0 Å². The van der Waals surface area contributed by atoms with E-state index in [2.05, 4.69) is 34.9 Å². The molecular formula is C10H12N2. The van der Waals surface area contributed by atoms with Crippen LogP contribution in [0.25, 0.3) is 0 Å². The lowest BCUT2D eigenvalue weighted by molar-refractivity contribution is 1.03. The molecule has 2 atom stereocenters. The molecule has 0 radical (unpaired) electrons. The molecule has 2 heterocycles. The minimum atomic E-state index is 0.642. The third-order valence-electron chi connectivity index (χ3n) is 2.53. The van der Waals surface area contributed by atoms with Crippen LogP contribution in [0.3, 0.4) is 0 Å². The molecule has 2 aliphatic rings. The molecule has 0 amide bonds. The first kappa shape index (κ1) is 6.63. The first-order valence-corrected chi connectivity index (χ1v) is 4.50. The predicted molar refractivity (Wildman–Crippen MR) is 47.9 cm³/mol. The molecule has 3 rings (SSSR count). The second kappa shape index (κ2) is 2.31. The van der Waals surface area contributed by atoms with Crippen molar-refractivity contribution in [3.8, 4) is 0 Å². The summed E-state index contributed by atoms with van der Waals surface area (Å²) in [5.74, 6) is 0. The number of benzene rings is 1. The molecule has 2 N–H and O–H groups in total. The van der Waals surface area contributed by atoms with Crippen LogP contribution in [-0.4, -0.2) is 13.1 Å². The minimum Gasteiger partial charge on any atom is -0.307 e. The molecule has 2 aliphatic heterocycles. The Labute approximate surface area is 72.0 Å². The first-order valence-electron chi connectivity index (χ1n) is 4.50. The van der Waals surface area contributed by atoms with Gasteiger partial charge in [0.05, 0.1) is 0 Å². The maximum Gasteiger partial charge on any atom is 0.0447 e. The van der Waals surface area contributed by atoms with E-state index in [1.165, 1.54) is 11.1 Å². The maximum atomic E-state index is 3.32. The van der Waals surface area contributed by atoms with E-state index in [0.29, 0.717) is 12.1 Å². The first-order chi connectivity index (χ1) is 5.93. The van der Waals surface area contributed by atoms with Gasteiger partial charge in [0.25, 0.3) is 0 Å². The van der Waals surface area contributed by atoms with E-state index in [4.69, 9.17) is 0 Å². The molecule has 1 aromatic carbocycles. The van der Waals surface area contributed by atoms with E-state index in [9.17, 15) is 0 Å². The lowest BCUT2D eigenvalue weighted by Crippen LogP contribution is -1.88. The highest BCUT2D eigenvalue weighted by molar-refractivity contribution is 5.32. The van der Waals surface area contributed by atoms with Gasteiger partial charge in [0, 0.05) is 25.2 Å². The highest BCUT2D eigenvalue weighted by Gasteiger charge is 2.26. The van der Waals surface area contributed by atoms with Gasteiger partial charge in [-0.2, -0.15) is 0 Å². The number of hydrogen-bond acceptors (Lipinski definition) is 2. The molecule has 12 heavy (non-hydrogen) atoms. The maximum absolute atomic E-state index is 3.32. The quantitative estimate of drug-likeness (QED) is 0.633. The highest BCUT2D eigenvalue weighted by Crippen LogP contribution is 2.27. The van der Waals surface area contributed by atoms with E-state index in [1.807, 2.05) is 0 Å². The van der Waals surface area contributed by atoms with Crippen LogP contribution in [0.1, 0.15) is 23.2 Å². The van der Waals surface area contributed by atoms with Crippen LogP contribution in [-0.2, 0) is 0 Å². The second-order valence-electron chi connectivity index (χ2n) is 3.59. The Kier molecular flexibility index (Phi) is 1.28. The van der Waals surface area contributed by atoms with Crippen LogP contribution in [0.15, 0.2) is 24.3 Å². The molecular weight excluding hydrogens is 148 g/mol. The van der Waals surface area contributed by atoms with E-state index >= 15 is 0 Å². The van der Waals surface area contributed by atoms with E-state index in [1.54, 1.807) is 0 Å². The number of nitrogens with one attached hydrogen (secondary N) is 2. The molecule has 0 spiro atoms. The van der Waals surface area contributed by atoms with Gasteiger partial charge in [0.15, 0.2) is 0 Å². The van der Waals surface area contributed by atoms with Crippen LogP contribution in [0.2, 0.25) is 0 Å². The molecule has 0 saturated carbocycles. The summed E-state index contributed by atoms with van der Waals surface area (Å²) in [6.45, 7) is 2.31. The lowest BCUT2D eigenvalue weighted by Gasteiger charge is -2.00. The van der Waals surface area contributed by atoms with Crippen molar-refractivity contribution in [1.82, 2.24) is 10.6 Å². The normalized spacial score (nSPS) is 31.7. The summed E-state index contributed by atoms with van der Waals surface area (Å²) < 4.78 is 0. The Balaban J connectivity index is 1.93. The fraction of sp³-hybridized carbons (Fsp3) is 0.400. The number of hydrogen-bond donors (Lipinski definition) is 2. The van der Waals surface area contributed by atoms with Gasteiger partial charge in [-0.25, -0.2) is 0 Å². The summed E-state index contributed by atoms with van der Waals surface area (Å²) in [6, 6.07) is 10.2. The SMILES string of the molecule is c1cc(C2CN2)cc(C2CN2)c1. The van der Waals surface area contributed by atoms with Crippen LogP contribution >= 0.6 is 0 Å². The van der Waals surface area contributed by atoms with Crippen LogP contribution < -0.4 is 10.6 Å². The Morgan fingerprint density at radius 2 is 1.50 bits per heavy atom. The summed E-state index contributed by atoms with van der Waals surface area (Å²) in [5.41, 5.74) is 2.89. The Bertz CT molecular complexity index is 273. The van der Waals surface area contributed by atoms with Crippen molar-refractivity contribution in [2.24, 2.45) is 0 Å². The fourth-order valence-corrected chi connectivity index (χ4v) is 1.58. The van der Waals surface area contributed by atoms with Crippen LogP contribution in [0.4, 0.5) is 0 Å². The van der Waals surface area contributed by atoms with Crippen molar-refractivity contribution in [3.05, 3.63) is 35.4 Å². The third-order valence-corrected chi connectivity index (χ3v) is 2.53. The molecule has 1 aromatic rings. The summed E-state index contributed by atoms with van der Waals surface area (Å²) in [6.07, 6.45) is 0. The highest BCUT2D eigenvalue weighted by atomic mass is 15.1. The number of rotatable bonds is 2. The summed E-state index contributed by atoms with van der Waals surface area (Å²) in [4.78, 5) is 0. The Morgan fingerprint density at radius 1 is 1.00 bits per heavy atom. The van der Waals surface area contributed by atoms with Gasteiger partial charge in [-0.05, 0) is 11.1 Å². The topological polar surface area (TPSA) is 43.9 Å². The summed E-state index contributed by atoms with van der Waals surface area (Å²) in [7, 11) is 0. The van der Waals surface area contributed by atoms with Gasteiger partial charge < -0.3 is 10.6 Å². The molecule has 2 saturated heterocycles. The monoisotopic (exact) mass is 160 g/mol. The molecule has 2 unspecified atom stereocenters.